The van der Waals surface area contributed by atoms with Crippen molar-refractivity contribution in [2.75, 3.05) is 26.2 Å². The Balaban J connectivity index is 1.89. The van der Waals surface area contributed by atoms with Gasteiger partial charge in [0.05, 0.1) is 12.7 Å². The van der Waals surface area contributed by atoms with E-state index in [2.05, 4.69) is 31.0 Å². The predicted molar refractivity (Wildman–Crippen MR) is 85.1 cm³/mol. The molecule has 20 heavy (non-hydrogen) atoms. The molecule has 0 aromatic rings. The second-order valence-electron chi connectivity index (χ2n) is 6.94. The number of ether oxygens (including phenoxy) is 1. The van der Waals surface area contributed by atoms with E-state index in [1.165, 1.54) is 38.5 Å². The molecule has 2 aliphatic rings. The Morgan fingerprint density at radius 1 is 1.25 bits per heavy atom. The third kappa shape index (κ3) is 4.71. The lowest BCUT2D eigenvalue weighted by Crippen LogP contribution is -2.54. The molecule has 1 heterocycles. The maximum atomic E-state index is 6.12. The van der Waals surface area contributed by atoms with Crippen molar-refractivity contribution in [2.24, 2.45) is 5.92 Å². The molecule has 3 heteroatoms. The van der Waals surface area contributed by atoms with Gasteiger partial charge in [-0.3, -0.25) is 4.90 Å². The third-order valence-electron chi connectivity index (χ3n) is 5.02. The molecule has 1 aliphatic heterocycles. The van der Waals surface area contributed by atoms with E-state index in [0.29, 0.717) is 18.2 Å². The topological polar surface area (TPSA) is 24.5 Å². The Bertz CT molecular complexity index is 264. The van der Waals surface area contributed by atoms with Gasteiger partial charge in [-0.15, -0.1) is 0 Å². The van der Waals surface area contributed by atoms with E-state index in [9.17, 15) is 0 Å². The molecule has 1 aliphatic carbocycles. The highest BCUT2D eigenvalue weighted by Crippen LogP contribution is 2.30. The quantitative estimate of drug-likeness (QED) is 0.777. The van der Waals surface area contributed by atoms with Crippen molar-refractivity contribution >= 4 is 0 Å². The van der Waals surface area contributed by atoms with Gasteiger partial charge in [0.15, 0.2) is 0 Å². The Labute approximate surface area is 125 Å². The minimum Gasteiger partial charge on any atom is -0.374 e. The third-order valence-corrected chi connectivity index (χ3v) is 5.02. The van der Waals surface area contributed by atoms with Crippen LogP contribution >= 0.6 is 0 Å². The number of hydrogen-bond donors (Lipinski definition) is 1. The molecule has 0 spiro atoms. The van der Waals surface area contributed by atoms with Crippen molar-refractivity contribution in [3.63, 3.8) is 0 Å². The lowest BCUT2D eigenvalue weighted by atomic mass is 9.94. The fourth-order valence-corrected chi connectivity index (χ4v) is 3.71. The predicted octanol–water partition coefficient (Wildman–Crippen LogP) is 3.04. The summed E-state index contributed by atoms with van der Waals surface area (Å²) in [6, 6.07) is 1.19. The van der Waals surface area contributed by atoms with Crippen LogP contribution < -0.4 is 5.32 Å². The van der Waals surface area contributed by atoms with E-state index in [-0.39, 0.29) is 0 Å². The van der Waals surface area contributed by atoms with Crippen molar-refractivity contribution in [3.8, 4) is 0 Å². The van der Waals surface area contributed by atoms with Crippen molar-refractivity contribution in [1.82, 2.24) is 10.2 Å². The van der Waals surface area contributed by atoms with Gasteiger partial charge in [0.25, 0.3) is 0 Å². The van der Waals surface area contributed by atoms with Gasteiger partial charge in [0.1, 0.15) is 0 Å². The van der Waals surface area contributed by atoms with Gasteiger partial charge in [-0.1, -0.05) is 32.6 Å². The molecule has 0 aromatic carbocycles. The van der Waals surface area contributed by atoms with Gasteiger partial charge in [-0.05, 0) is 39.2 Å². The maximum absolute atomic E-state index is 6.12. The molecule has 2 atom stereocenters. The Hall–Kier alpha value is -0.120. The summed E-state index contributed by atoms with van der Waals surface area (Å²) in [5.74, 6) is 0.933. The molecule has 1 N–H and O–H groups in total. The van der Waals surface area contributed by atoms with Crippen LogP contribution in [0.5, 0.6) is 0 Å². The molecule has 0 amide bonds. The van der Waals surface area contributed by atoms with Crippen LogP contribution in [-0.2, 0) is 4.74 Å². The standard InChI is InChI=1S/C17H34N2O/c1-4-9-18-16(12-15-7-5-6-8-15)17-13-19(14(2)3)10-11-20-17/h14-18H,4-13H2,1-3H3. The van der Waals surface area contributed by atoms with Crippen LogP contribution in [0.2, 0.25) is 0 Å². The van der Waals surface area contributed by atoms with Crippen molar-refractivity contribution in [2.45, 2.75) is 77.5 Å². The van der Waals surface area contributed by atoms with Gasteiger partial charge in [0, 0.05) is 25.2 Å². The van der Waals surface area contributed by atoms with Crippen LogP contribution in [0.1, 0.15) is 59.3 Å². The number of hydrogen-bond acceptors (Lipinski definition) is 3. The van der Waals surface area contributed by atoms with Crippen LogP contribution in [-0.4, -0.2) is 49.3 Å². The lowest BCUT2D eigenvalue weighted by molar-refractivity contribution is -0.0585. The second kappa shape index (κ2) is 8.35. The molecule has 2 unspecified atom stereocenters. The molecule has 0 radical (unpaired) electrons. The minimum absolute atomic E-state index is 0.387. The number of nitrogens with zero attached hydrogens (tertiary/aromatic N) is 1. The molecule has 3 nitrogen and oxygen atoms in total. The Morgan fingerprint density at radius 3 is 2.65 bits per heavy atom. The van der Waals surface area contributed by atoms with Crippen LogP contribution in [0.4, 0.5) is 0 Å². The summed E-state index contributed by atoms with van der Waals surface area (Å²) in [5.41, 5.74) is 0. The van der Waals surface area contributed by atoms with E-state index in [4.69, 9.17) is 4.74 Å². The number of morpholine rings is 1. The van der Waals surface area contributed by atoms with E-state index in [1.807, 2.05) is 0 Å². The summed E-state index contributed by atoms with van der Waals surface area (Å²) in [6.45, 7) is 11.1. The van der Waals surface area contributed by atoms with Crippen molar-refractivity contribution in [1.29, 1.82) is 0 Å². The Morgan fingerprint density at radius 2 is 2.00 bits per heavy atom. The molecule has 0 aromatic heterocycles. The molecular weight excluding hydrogens is 248 g/mol. The molecule has 118 valence electrons. The van der Waals surface area contributed by atoms with Gasteiger partial charge in [0.2, 0.25) is 0 Å². The minimum atomic E-state index is 0.387. The average Bonchev–Trinajstić information content (AvgIpc) is 2.96. The molecule has 1 saturated heterocycles. The van der Waals surface area contributed by atoms with Crippen LogP contribution in [0, 0.1) is 5.92 Å². The fourth-order valence-electron chi connectivity index (χ4n) is 3.71. The number of nitrogens with one attached hydrogen (secondary N) is 1. The lowest BCUT2D eigenvalue weighted by Gasteiger charge is -2.40. The van der Waals surface area contributed by atoms with E-state index in [1.54, 1.807) is 0 Å². The first-order valence-electron chi connectivity index (χ1n) is 8.79. The fraction of sp³-hybridized carbons (Fsp3) is 1.00. The molecular formula is C17H34N2O. The van der Waals surface area contributed by atoms with Crippen LogP contribution in [0.25, 0.3) is 0 Å². The van der Waals surface area contributed by atoms with Gasteiger partial charge in [-0.2, -0.15) is 0 Å². The van der Waals surface area contributed by atoms with Crippen molar-refractivity contribution < 1.29 is 4.74 Å². The largest absolute Gasteiger partial charge is 0.374 e. The van der Waals surface area contributed by atoms with E-state index < -0.39 is 0 Å². The summed E-state index contributed by atoms with van der Waals surface area (Å²) in [6.07, 6.45) is 8.66. The zero-order valence-electron chi connectivity index (χ0n) is 13.7. The van der Waals surface area contributed by atoms with Crippen LogP contribution in [0.3, 0.4) is 0 Å². The van der Waals surface area contributed by atoms with E-state index >= 15 is 0 Å². The summed E-state index contributed by atoms with van der Waals surface area (Å²) < 4.78 is 6.12. The second-order valence-corrected chi connectivity index (χ2v) is 6.94. The first-order chi connectivity index (χ1) is 9.70. The normalized spacial score (nSPS) is 27.3. The molecule has 0 bridgehead atoms. The summed E-state index contributed by atoms with van der Waals surface area (Å²) >= 11 is 0. The highest BCUT2D eigenvalue weighted by Gasteiger charge is 2.31. The first kappa shape index (κ1) is 16.3. The molecule has 2 fully saturated rings. The average molecular weight is 282 g/mol. The van der Waals surface area contributed by atoms with Crippen LogP contribution in [0.15, 0.2) is 0 Å². The maximum Gasteiger partial charge on any atom is 0.0855 e. The van der Waals surface area contributed by atoms with Crippen molar-refractivity contribution in [3.05, 3.63) is 0 Å². The smallest absolute Gasteiger partial charge is 0.0855 e. The number of rotatable bonds is 7. The van der Waals surface area contributed by atoms with Gasteiger partial charge < -0.3 is 10.1 Å². The summed E-state index contributed by atoms with van der Waals surface area (Å²) in [7, 11) is 0. The first-order valence-corrected chi connectivity index (χ1v) is 8.79. The summed E-state index contributed by atoms with van der Waals surface area (Å²) in [4.78, 5) is 2.57. The highest BCUT2D eigenvalue weighted by molar-refractivity contribution is 4.86. The molecule has 1 saturated carbocycles. The zero-order chi connectivity index (χ0) is 14.4. The van der Waals surface area contributed by atoms with Gasteiger partial charge >= 0.3 is 0 Å². The molecule has 2 rings (SSSR count). The zero-order valence-corrected chi connectivity index (χ0v) is 13.7. The monoisotopic (exact) mass is 282 g/mol. The SMILES string of the molecule is CCCNC(CC1CCCC1)C1CN(C(C)C)CCO1. The summed E-state index contributed by atoms with van der Waals surface area (Å²) in [5, 5.41) is 3.77. The van der Waals surface area contributed by atoms with E-state index in [0.717, 1.165) is 32.2 Å². The van der Waals surface area contributed by atoms with Gasteiger partial charge in [-0.25, -0.2) is 0 Å². The highest BCUT2D eigenvalue weighted by atomic mass is 16.5. The Kier molecular flexibility index (Phi) is 6.79.